The van der Waals surface area contributed by atoms with E-state index < -0.39 is 5.97 Å². The predicted octanol–water partition coefficient (Wildman–Crippen LogP) is 2.60. The molecule has 0 bridgehead atoms. The van der Waals surface area contributed by atoms with Crippen LogP contribution in [0.15, 0.2) is 22.7 Å². The monoisotopic (exact) mass is 287 g/mol. The molecule has 0 aliphatic rings. The number of anilines is 1. The van der Waals surface area contributed by atoms with Gasteiger partial charge in [0.2, 0.25) is 0 Å². The van der Waals surface area contributed by atoms with E-state index in [0.29, 0.717) is 6.61 Å². The zero-order chi connectivity index (χ0) is 12.0. The molecule has 0 aliphatic carbocycles. The number of benzene rings is 1. The third-order valence-corrected chi connectivity index (χ3v) is 2.46. The molecule has 0 heterocycles. The summed E-state index contributed by atoms with van der Waals surface area (Å²) >= 11 is 3.28. The second-order valence-electron chi connectivity index (χ2n) is 3.31. The summed E-state index contributed by atoms with van der Waals surface area (Å²) in [7, 11) is 1.65. The van der Waals surface area contributed by atoms with E-state index in [1.807, 2.05) is 6.07 Å². The molecule has 0 atom stereocenters. The maximum absolute atomic E-state index is 10.8. The van der Waals surface area contributed by atoms with E-state index in [1.165, 1.54) is 0 Å². The van der Waals surface area contributed by atoms with Gasteiger partial charge in [0.1, 0.15) is 0 Å². The Balaban J connectivity index is 2.62. The van der Waals surface area contributed by atoms with Crippen molar-refractivity contribution in [2.75, 3.05) is 25.6 Å². The minimum atomic E-state index is -0.929. The summed E-state index contributed by atoms with van der Waals surface area (Å²) in [5.74, 6) is -0.929. The van der Waals surface area contributed by atoms with Gasteiger partial charge in [-0.25, -0.2) is 4.79 Å². The Morgan fingerprint density at radius 2 is 2.25 bits per heavy atom. The summed E-state index contributed by atoms with van der Waals surface area (Å²) in [5, 5.41) is 12.0. The molecule has 16 heavy (non-hydrogen) atoms. The lowest BCUT2D eigenvalue weighted by molar-refractivity contribution is 0.0697. The van der Waals surface area contributed by atoms with Gasteiger partial charge in [-0.05, 0) is 24.6 Å². The SMILES string of the molecule is COCCCNc1cc(Br)cc(C(=O)O)c1. The van der Waals surface area contributed by atoms with Crippen LogP contribution in [-0.2, 0) is 4.74 Å². The van der Waals surface area contributed by atoms with E-state index in [2.05, 4.69) is 21.2 Å². The van der Waals surface area contributed by atoms with Gasteiger partial charge in [0.15, 0.2) is 0 Å². The molecule has 0 aliphatic heterocycles. The third kappa shape index (κ3) is 4.20. The van der Waals surface area contributed by atoms with Crippen LogP contribution in [0.3, 0.4) is 0 Å². The van der Waals surface area contributed by atoms with Crippen molar-refractivity contribution in [1.29, 1.82) is 0 Å². The van der Waals surface area contributed by atoms with Crippen molar-refractivity contribution < 1.29 is 14.6 Å². The molecule has 0 saturated carbocycles. The normalized spacial score (nSPS) is 10.1. The van der Waals surface area contributed by atoms with Crippen LogP contribution in [0.4, 0.5) is 5.69 Å². The number of ether oxygens (including phenoxy) is 1. The number of methoxy groups -OCH3 is 1. The summed E-state index contributed by atoms with van der Waals surface area (Å²) in [5.41, 5.74) is 1.06. The van der Waals surface area contributed by atoms with Crippen molar-refractivity contribution >= 4 is 27.6 Å². The van der Waals surface area contributed by atoms with Crippen LogP contribution < -0.4 is 5.32 Å². The first-order valence-electron chi connectivity index (χ1n) is 4.90. The molecule has 0 aromatic heterocycles. The number of aromatic carboxylic acids is 1. The largest absolute Gasteiger partial charge is 0.478 e. The van der Waals surface area contributed by atoms with E-state index in [9.17, 15) is 4.79 Å². The molecular weight excluding hydrogens is 274 g/mol. The van der Waals surface area contributed by atoms with Crippen LogP contribution in [0.1, 0.15) is 16.8 Å². The molecule has 0 amide bonds. The Labute approximate surface area is 103 Å². The van der Waals surface area contributed by atoms with Gasteiger partial charge in [-0.15, -0.1) is 0 Å². The average Bonchev–Trinajstić information content (AvgIpc) is 2.23. The van der Waals surface area contributed by atoms with E-state index in [1.54, 1.807) is 19.2 Å². The quantitative estimate of drug-likeness (QED) is 0.790. The Bertz CT molecular complexity index is 368. The highest BCUT2D eigenvalue weighted by atomic mass is 79.9. The molecule has 88 valence electrons. The van der Waals surface area contributed by atoms with Crippen LogP contribution in [0.25, 0.3) is 0 Å². The molecule has 0 fully saturated rings. The molecule has 0 radical (unpaired) electrons. The first kappa shape index (κ1) is 13.0. The number of carbonyl (C=O) groups is 1. The van der Waals surface area contributed by atoms with Gasteiger partial charge in [0.25, 0.3) is 0 Å². The number of carboxylic acid groups (broad SMARTS) is 1. The van der Waals surface area contributed by atoms with Crippen LogP contribution in [0.2, 0.25) is 0 Å². The number of hydrogen-bond donors (Lipinski definition) is 2. The predicted molar refractivity (Wildman–Crippen MR) is 66.1 cm³/mol. The number of nitrogens with one attached hydrogen (secondary N) is 1. The second kappa shape index (κ2) is 6.50. The molecular formula is C11H14BrNO3. The van der Waals surface area contributed by atoms with Crippen molar-refractivity contribution in [2.24, 2.45) is 0 Å². The fraction of sp³-hybridized carbons (Fsp3) is 0.364. The minimum absolute atomic E-state index is 0.267. The topological polar surface area (TPSA) is 58.6 Å². The Morgan fingerprint density at radius 3 is 2.88 bits per heavy atom. The van der Waals surface area contributed by atoms with Crippen LogP contribution in [0.5, 0.6) is 0 Å². The maximum Gasteiger partial charge on any atom is 0.335 e. The van der Waals surface area contributed by atoms with E-state index in [4.69, 9.17) is 9.84 Å². The van der Waals surface area contributed by atoms with Crippen molar-refractivity contribution in [1.82, 2.24) is 0 Å². The Morgan fingerprint density at radius 1 is 1.50 bits per heavy atom. The molecule has 2 N–H and O–H groups in total. The highest BCUT2D eigenvalue weighted by Crippen LogP contribution is 2.19. The lowest BCUT2D eigenvalue weighted by Gasteiger charge is -2.07. The fourth-order valence-electron chi connectivity index (χ4n) is 1.26. The fourth-order valence-corrected chi connectivity index (χ4v) is 1.76. The summed E-state index contributed by atoms with van der Waals surface area (Å²) in [4.78, 5) is 10.8. The molecule has 4 nitrogen and oxygen atoms in total. The van der Waals surface area contributed by atoms with Gasteiger partial charge in [0, 0.05) is 30.4 Å². The second-order valence-corrected chi connectivity index (χ2v) is 4.22. The Hall–Kier alpha value is -1.07. The van der Waals surface area contributed by atoms with Crippen molar-refractivity contribution in [3.63, 3.8) is 0 Å². The van der Waals surface area contributed by atoms with Gasteiger partial charge in [-0.3, -0.25) is 0 Å². The molecule has 1 aromatic carbocycles. The van der Waals surface area contributed by atoms with Gasteiger partial charge in [-0.2, -0.15) is 0 Å². The number of carboxylic acids is 1. The van der Waals surface area contributed by atoms with E-state index in [0.717, 1.165) is 23.1 Å². The van der Waals surface area contributed by atoms with Crippen molar-refractivity contribution in [2.45, 2.75) is 6.42 Å². The first-order valence-corrected chi connectivity index (χ1v) is 5.69. The number of hydrogen-bond acceptors (Lipinski definition) is 3. The van der Waals surface area contributed by atoms with E-state index in [-0.39, 0.29) is 5.56 Å². The molecule has 1 rings (SSSR count). The number of rotatable bonds is 6. The van der Waals surface area contributed by atoms with Crippen molar-refractivity contribution in [3.05, 3.63) is 28.2 Å². The summed E-state index contributed by atoms with van der Waals surface area (Å²) in [6.07, 6.45) is 0.880. The summed E-state index contributed by atoms with van der Waals surface area (Å²) in [6.45, 7) is 1.44. The molecule has 0 saturated heterocycles. The average molecular weight is 288 g/mol. The molecule has 0 unspecified atom stereocenters. The Kier molecular flexibility index (Phi) is 5.28. The standard InChI is InChI=1S/C11H14BrNO3/c1-16-4-2-3-13-10-6-8(11(14)15)5-9(12)7-10/h5-7,13H,2-4H2,1H3,(H,14,15). The van der Waals surface area contributed by atoms with Crippen molar-refractivity contribution in [3.8, 4) is 0 Å². The number of halogens is 1. The first-order chi connectivity index (χ1) is 7.63. The maximum atomic E-state index is 10.8. The van der Waals surface area contributed by atoms with Gasteiger partial charge in [-0.1, -0.05) is 15.9 Å². The summed E-state index contributed by atoms with van der Waals surface area (Å²) in [6, 6.07) is 5.03. The van der Waals surface area contributed by atoms with Gasteiger partial charge in [0.05, 0.1) is 5.56 Å². The molecule has 0 spiro atoms. The van der Waals surface area contributed by atoms with Crippen LogP contribution in [-0.4, -0.2) is 31.3 Å². The zero-order valence-electron chi connectivity index (χ0n) is 9.00. The van der Waals surface area contributed by atoms with Gasteiger partial charge < -0.3 is 15.2 Å². The van der Waals surface area contributed by atoms with E-state index >= 15 is 0 Å². The highest BCUT2D eigenvalue weighted by molar-refractivity contribution is 9.10. The molecule has 5 heteroatoms. The minimum Gasteiger partial charge on any atom is -0.478 e. The zero-order valence-corrected chi connectivity index (χ0v) is 10.6. The lowest BCUT2D eigenvalue weighted by atomic mass is 10.2. The smallest absolute Gasteiger partial charge is 0.335 e. The highest BCUT2D eigenvalue weighted by Gasteiger charge is 2.05. The third-order valence-electron chi connectivity index (χ3n) is 2.00. The summed E-state index contributed by atoms with van der Waals surface area (Å²) < 4.78 is 5.67. The lowest BCUT2D eigenvalue weighted by Crippen LogP contribution is -2.06. The molecule has 1 aromatic rings. The van der Waals surface area contributed by atoms with Crippen LogP contribution >= 0.6 is 15.9 Å². The van der Waals surface area contributed by atoms with Gasteiger partial charge >= 0.3 is 5.97 Å². The van der Waals surface area contributed by atoms with Crippen LogP contribution in [0, 0.1) is 0 Å².